The molecule has 1 saturated heterocycles. The van der Waals surface area contributed by atoms with Gasteiger partial charge in [-0.2, -0.15) is 12.1 Å². The van der Waals surface area contributed by atoms with Crippen LogP contribution in [0.5, 0.6) is 0 Å². The van der Waals surface area contributed by atoms with Crippen LogP contribution in [0.4, 0.5) is 5.69 Å². The second-order valence-corrected chi connectivity index (χ2v) is 5.67. The maximum absolute atomic E-state index is 3.46. The van der Waals surface area contributed by atoms with Gasteiger partial charge in [-0.1, -0.05) is 24.3 Å². The number of anilines is 1. The van der Waals surface area contributed by atoms with Crippen LogP contribution in [0, 0.1) is 6.07 Å². The summed E-state index contributed by atoms with van der Waals surface area (Å²) in [6.45, 7) is 6.80. The van der Waals surface area contributed by atoms with E-state index in [1.807, 2.05) is 0 Å². The number of rotatable bonds is 1. The molecule has 0 saturated carbocycles. The second kappa shape index (κ2) is 6.53. The zero-order valence-electron chi connectivity index (χ0n) is 12.5. The van der Waals surface area contributed by atoms with Gasteiger partial charge in [0.25, 0.3) is 0 Å². The fraction of sp³-hybridized carbons (Fsp3) is 0.500. The van der Waals surface area contributed by atoms with Gasteiger partial charge in [-0.25, -0.2) is 0 Å². The first-order valence-corrected chi connectivity index (χ1v) is 6.83. The summed E-state index contributed by atoms with van der Waals surface area (Å²) in [5.41, 5.74) is 4.05. The van der Waals surface area contributed by atoms with Gasteiger partial charge in [0.1, 0.15) is 0 Å². The average Bonchev–Trinajstić information content (AvgIpc) is 2.82. The Balaban J connectivity index is 0.00000133. The molecule has 1 fully saturated rings. The van der Waals surface area contributed by atoms with Crippen LogP contribution < -0.4 is 63.1 Å². The van der Waals surface area contributed by atoms with Crippen molar-refractivity contribution in [2.24, 2.45) is 0 Å². The molecule has 1 aromatic carbocycles. The molecular formula is C16H21N2Rb. The summed E-state index contributed by atoms with van der Waals surface area (Å²) >= 11 is 0. The van der Waals surface area contributed by atoms with Crippen LogP contribution in [0.15, 0.2) is 18.2 Å². The smallest absolute Gasteiger partial charge is 0.391 e. The molecule has 1 heterocycles. The SMILES string of the molecule is C[C@@H]1CN(c2[c-]cc3c(c2)C=CC3)C[C@H](C)N1C.[Rb+]. The molecular weight excluding hydrogens is 306 g/mol. The molecule has 1 aromatic rings. The Morgan fingerprint density at radius 2 is 1.89 bits per heavy atom. The van der Waals surface area contributed by atoms with Crippen molar-refractivity contribution in [2.75, 3.05) is 25.0 Å². The molecule has 19 heavy (non-hydrogen) atoms. The Morgan fingerprint density at radius 1 is 1.21 bits per heavy atom. The van der Waals surface area contributed by atoms with Crippen molar-refractivity contribution >= 4 is 11.8 Å². The largest absolute Gasteiger partial charge is 1.00 e. The predicted octanol–water partition coefficient (Wildman–Crippen LogP) is -0.411. The number of fused-ring (bicyclic) bond motifs is 1. The third-order valence-corrected chi connectivity index (χ3v) is 4.39. The molecule has 2 nitrogen and oxygen atoms in total. The first-order chi connectivity index (χ1) is 8.65. The van der Waals surface area contributed by atoms with Crippen molar-refractivity contribution in [1.82, 2.24) is 4.90 Å². The topological polar surface area (TPSA) is 6.48 Å². The maximum Gasteiger partial charge on any atom is 1.00 e. The monoisotopic (exact) mass is 326 g/mol. The van der Waals surface area contributed by atoms with Gasteiger partial charge >= 0.3 is 58.2 Å². The van der Waals surface area contributed by atoms with Gasteiger partial charge in [0.05, 0.1) is 0 Å². The zero-order valence-corrected chi connectivity index (χ0v) is 17.4. The fourth-order valence-corrected chi connectivity index (χ4v) is 2.95. The summed E-state index contributed by atoms with van der Waals surface area (Å²) in [6.07, 6.45) is 5.54. The fourth-order valence-electron chi connectivity index (χ4n) is 2.95. The van der Waals surface area contributed by atoms with Gasteiger partial charge in [-0.05, 0) is 20.9 Å². The molecule has 0 unspecified atom stereocenters. The Kier molecular flexibility index (Phi) is 5.46. The standard InChI is InChI=1S/C16H21N2.Rb/c1-12-10-18(11-13(2)17(12)3)16-8-7-14-5-4-6-15(14)9-16;/h4,6-7,9,12-13H,5,10-11H2,1-3H3;/q-1;+1/t12-,13+;. The number of nitrogens with zero attached hydrogens (tertiary/aromatic N) is 2. The Morgan fingerprint density at radius 3 is 2.58 bits per heavy atom. The van der Waals surface area contributed by atoms with Crippen LogP contribution >= 0.6 is 0 Å². The number of benzene rings is 1. The van der Waals surface area contributed by atoms with E-state index in [9.17, 15) is 0 Å². The number of piperazine rings is 1. The molecule has 1 aliphatic heterocycles. The van der Waals surface area contributed by atoms with E-state index in [4.69, 9.17) is 0 Å². The van der Waals surface area contributed by atoms with E-state index in [0.29, 0.717) is 12.1 Å². The van der Waals surface area contributed by atoms with E-state index >= 15 is 0 Å². The van der Waals surface area contributed by atoms with Crippen molar-refractivity contribution in [3.63, 3.8) is 0 Å². The quantitative estimate of drug-likeness (QED) is 0.647. The molecule has 96 valence electrons. The number of allylic oxidation sites excluding steroid dienone is 1. The van der Waals surface area contributed by atoms with Gasteiger partial charge in [0, 0.05) is 25.2 Å². The van der Waals surface area contributed by atoms with E-state index in [1.165, 1.54) is 16.8 Å². The van der Waals surface area contributed by atoms with Gasteiger partial charge in [-0.15, -0.1) is 17.2 Å². The first kappa shape index (κ1) is 15.9. The van der Waals surface area contributed by atoms with E-state index in [-0.39, 0.29) is 58.2 Å². The first-order valence-electron chi connectivity index (χ1n) is 6.83. The van der Waals surface area contributed by atoms with E-state index in [0.717, 1.165) is 19.5 Å². The van der Waals surface area contributed by atoms with E-state index in [2.05, 4.69) is 61.0 Å². The van der Waals surface area contributed by atoms with Gasteiger partial charge in [-0.3, -0.25) is 4.90 Å². The van der Waals surface area contributed by atoms with Crippen LogP contribution in [-0.4, -0.2) is 37.1 Å². The van der Waals surface area contributed by atoms with Crippen LogP contribution in [0.2, 0.25) is 0 Å². The molecule has 1 aliphatic carbocycles. The summed E-state index contributed by atoms with van der Waals surface area (Å²) in [5, 5.41) is 0. The minimum atomic E-state index is 0. The van der Waals surface area contributed by atoms with Crippen LogP contribution in [0.25, 0.3) is 6.08 Å². The molecule has 0 bridgehead atoms. The molecule has 0 radical (unpaired) electrons. The normalized spacial score (nSPS) is 26.2. The summed E-state index contributed by atoms with van der Waals surface area (Å²) in [6, 6.07) is 9.13. The summed E-state index contributed by atoms with van der Waals surface area (Å²) in [4.78, 5) is 4.94. The van der Waals surface area contributed by atoms with Crippen LogP contribution in [-0.2, 0) is 6.42 Å². The average molecular weight is 327 g/mol. The molecule has 0 aromatic heterocycles. The molecule has 0 amide bonds. The molecule has 0 spiro atoms. The van der Waals surface area contributed by atoms with E-state index < -0.39 is 0 Å². The number of likely N-dealkylation sites (N-methyl/N-ethyl adjacent to an activating group) is 1. The van der Waals surface area contributed by atoms with Crippen molar-refractivity contribution in [3.05, 3.63) is 35.4 Å². The predicted molar refractivity (Wildman–Crippen MR) is 76.9 cm³/mol. The summed E-state index contributed by atoms with van der Waals surface area (Å²) in [7, 11) is 2.22. The van der Waals surface area contributed by atoms with E-state index in [1.54, 1.807) is 0 Å². The molecule has 2 aliphatic rings. The molecule has 2 atom stereocenters. The number of hydrogen-bond donors (Lipinski definition) is 0. The Hall–Kier alpha value is 0.525. The van der Waals surface area contributed by atoms with Crippen LogP contribution in [0.3, 0.4) is 0 Å². The zero-order chi connectivity index (χ0) is 12.7. The third-order valence-electron chi connectivity index (χ3n) is 4.39. The van der Waals surface area contributed by atoms with Gasteiger partial charge in [0.15, 0.2) is 0 Å². The Labute approximate surface area is 165 Å². The van der Waals surface area contributed by atoms with Crippen molar-refractivity contribution in [3.8, 4) is 0 Å². The summed E-state index contributed by atoms with van der Waals surface area (Å²) < 4.78 is 0. The number of hydrogen-bond acceptors (Lipinski definition) is 2. The minimum Gasteiger partial charge on any atom is -0.391 e. The van der Waals surface area contributed by atoms with Gasteiger partial charge in [0.2, 0.25) is 0 Å². The van der Waals surface area contributed by atoms with Crippen molar-refractivity contribution in [1.29, 1.82) is 0 Å². The summed E-state index contributed by atoms with van der Waals surface area (Å²) in [5.74, 6) is 0. The van der Waals surface area contributed by atoms with Crippen LogP contribution in [0.1, 0.15) is 25.0 Å². The molecule has 3 heteroatoms. The third kappa shape index (κ3) is 3.24. The van der Waals surface area contributed by atoms with Gasteiger partial charge < -0.3 is 4.90 Å². The van der Waals surface area contributed by atoms with Crippen molar-refractivity contribution in [2.45, 2.75) is 32.4 Å². The second-order valence-electron chi connectivity index (χ2n) is 5.67. The Bertz CT molecular complexity index is 472. The molecule has 3 rings (SSSR count). The minimum absolute atomic E-state index is 0. The molecule has 0 N–H and O–H groups in total. The van der Waals surface area contributed by atoms with Crippen molar-refractivity contribution < 1.29 is 58.2 Å². The maximum atomic E-state index is 3.46.